The zero-order valence-electron chi connectivity index (χ0n) is 3.45. The molecule has 4 heavy (non-hydrogen) atoms. The fraction of sp³-hybridized carbons (Fsp3) is 1.00. The van der Waals surface area contributed by atoms with Crippen LogP contribution in [-0.4, -0.2) is 13.3 Å². The molecule has 0 aliphatic rings. The number of hydrogen-bond donors (Lipinski definition) is 0. The van der Waals surface area contributed by atoms with Gasteiger partial charge in [-0.05, 0) is 0 Å². The Bertz CT molecular complexity index is 6.00. The number of hydrogen-bond acceptors (Lipinski definition) is 0. The summed E-state index contributed by atoms with van der Waals surface area (Å²) in [6.07, 6.45) is 0. The summed E-state index contributed by atoms with van der Waals surface area (Å²) in [7, 11) is 1.42. The molecule has 0 saturated carbocycles. The molecule has 0 aromatic heterocycles. The molecule has 0 N–H and O–H groups in total. The average Bonchev–Trinajstić information content (AvgIpc) is 0.918. The fourth-order valence-electron chi connectivity index (χ4n) is 0. The van der Waals surface area contributed by atoms with Gasteiger partial charge in [0.25, 0.3) is 0 Å². The Kier molecular flexibility index (Phi) is 20.0. The molecule has 0 aromatic rings. The van der Waals surface area contributed by atoms with E-state index in [1.54, 1.807) is 0 Å². The molecule has 0 rings (SSSR count). The third-order valence-electron chi connectivity index (χ3n) is 0. The first kappa shape index (κ1) is 8.90. The van der Waals surface area contributed by atoms with Gasteiger partial charge in [-0.15, -0.1) is 0 Å². The standard InChI is InChI=1S/C2H6P.Li/c1-3-2;/h1-2H3;/q-1;+1. The van der Waals surface area contributed by atoms with Gasteiger partial charge in [0.15, 0.2) is 0 Å². The van der Waals surface area contributed by atoms with E-state index in [0.29, 0.717) is 0 Å². The molecule has 0 saturated heterocycles. The Morgan fingerprint density at radius 2 is 1.25 bits per heavy atom. The van der Waals surface area contributed by atoms with Crippen molar-refractivity contribution in [1.29, 1.82) is 0 Å². The first-order chi connectivity index (χ1) is 1.41. The largest absolute Gasteiger partial charge is 1.00 e. The van der Waals surface area contributed by atoms with Crippen LogP contribution in [0.25, 0.3) is 0 Å². The maximum absolute atomic E-state index is 2.10. The van der Waals surface area contributed by atoms with Gasteiger partial charge in [0.05, 0.1) is 0 Å². The van der Waals surface area contributed by atoms with Crippen molar-refractivity contribution in [2.45, 2.75) is 0 Å². The maximum Gasteiger partial charge on any atom is 1.00 e. The summed E-state index contributed by atoms with van der Waals surface area (Å²) in [5, 5.41) is 0. The monoisotopic (exact) mass is 68.0 g/mol. The van der Waals surface area contributed by atoms with Gasteiger partial charge in [-0.2, -0.15) is 13.3 Å². The summed E-state index contributed by atoms with van der Waals surface area (Å²) in [5.41, 5.74) is 0. The van der Waals surface area contributed by atoms with Crippen LogP contribution in [0.3, 0.4) is 0 Å². The Balaban J connectivity index is 0. The SMILES string of the molecule is C[P-]C.[Li+]. The molecule has 0 radical (unpaired) electrons. The van der Waals surface area contributed by atoms with Gasteiger partial charge in [-0.25, -0.2) is 0 Å². The molecule has 0 nitrogen and oxygen atoms in total. The smallest absolute Gasteiger partial charge is 0.547 e. The second-order valence-corrected chi connectivity index (χ2v) is 1.34. The van der Waals surface area contributed by atoms with Crippen LogP contribution in [0.15, 0.2) is 0 Å². The van der Waals surface area contributed by atoms with E-state index < -0.39 is 0 Å². The zero-order chi connectivity index (χ0) is 2.71. The predicted molar refractivity (Wildman–Crippen MR) is 18.8 cm³/mol. The zero-order valence-corrected chi connectivity index (χ0v) is 4.34. The molecule has 0 atom stereocenters. The first-order valence-electron chi connectivity index (χ1n) is 0.894. The van der Waals surface area contributed by atoms with E-state index in [0.717, 1.165) is 0 Å². The van der Waals surface area contributed by atoms with E-state index in [9.17, 15) is 0 Å². The van der Waals surface area contributed by atoms with Crippen LogP contribution < -0.4 is 18.9 Å². The van der Waals surface area contributed by atoms with E-state index in [2.05, 4.69) is 13.3 Å². The maximum atomic E-state index is 2.10. The summed E-state index contributed by atoms with van der Waals surface area (Å²) in [4.78, 5) is 0. The molecule has 0 unspecified atom stereocenters. The van der Waals surface area contributed by atoms with Crippen molar-refractivity contribution in [2.75, 3.05) is 13.3 Å². The normalized spacial score (nSPS) is 4.50. The summed E-state index contributed by atoms with van der Waals surface area (Å²) < 4.78 is 0. The van der Waals surface area contributed by atoms with E-state index >= 15 is 0 Å². The van der Waals surface area contributed by atoms with Crippen molar-refractivity contribution in [1.82, 2.24) is 0 Å². The van der Waals surface area contributed by atoms with Crippen LogP contribution in [0.2, 0.25) is 0 Å². The molecule has 0 aromatic carbocycles. The van der Waals surface area contributed by atoms with Crippen LogP contribution >= 0.6 is 8.58 Å². The fourth-order valence-corrected chi connectivity index (χ4v) is 0. The van der Waals surface area contributed by atoms with E-state index in [1.165, 1.54) is 8.58 Å². The quantitative estimate of drug-likeness (QED) is 0.232. The molecule has 0 heterocycles. The molecular weight excluding hydrogens is 61.9 g/mol. The molecule has 2 heteroatoms. The molecule has 0 amide bonds. The van der Waals surface area contributed by atoms with Crippen molar-refractivity contribution >= 4 is 8.58 Å². The third kappa shape index (κ3) is 11.8. The van der Waals surface area contributed by atoms with Crippen LogP contribution in [0.4, 0.5) is 0 Å². The average molecular weight is 68.0 g/mol. The minimum atomic E-state index is 0. The molecule has 0 bridgehead atoms. The Hall–Kier alpha value is 1.03. The second-order valence-electron chi connectivity index (χ2n) is 0.447. The minimum absolute atomic E-state index is 0. The van der Waals surface area contributed by atoms with Gasteiger partial charge in [0, 0.05) is 0 Å². The van der Waals surface area contributed by atoms with E-state index in [-0.39, 0.29) is 18.9 Å². The van der Waals surface area contributed by atoms with Crippen LogP contribution in [0, 0.1) is 0 Å². The van der Waals surface area contributed by atoms with Crippen molar-refractivity contribution < 1.29 is 18.9 Å². The Morgan fingerprint density at radius 1 is 1.25 bits per heavy atom. The van der Waals surface area contributed by atoms with Crippen LogP contribution in [-0.2, 0) is 0 Å². The minimum Gasteiger partial charge on any atom is -0.547 e. The molecule has 0 spiro atoms. The Labute approximate surface area is 41.3 Å². The summed E-state index contributed by atoms with van der Waals surface area (Å²) in [6.45, 7) is 4.19. The molecule has 0 aliphatic carbocycles. The van der Waals surface area contributed by atoms with Crippen LogP contribution in [0.5, 0.6) is 0 Å². The third-order valence-corrected chi connectivity index (χ3v) is 0. The van der Waals surface area contributed by atoms with E-state index in [1.807, 2.05) is 0 Å². The van der Waals surface area contributed by atoms with Gasteiger partial charge in [-0.1, -0.05) is 0 Å². The van der Waals surface area contributed by atoms with Gasteiger partial charge in [0.1, 0.15) is 0 Å². The van der Waals surface area contributed by atoms with Gasteiger partial charge < -0.3 is 8.58 Å². The van der Waals surface area contributed by atoms with Crippen molar-refractivity contribution in [2.24, 2.45) is 0 Å². The van der Waals surface area contributed by atoms with Crippen molar-refractivity contribution in [3.8, 4) is 0 Å². The summed E-state index contributed by atoms with van der Waals surface area (Å²) >= 11 is 0. The van der Waals surface area contributed by atoms with Crippen molar-refractivity contribution in [3.05, 3.63) is 0 Å². The van der Waals surface area contributed by atoms with E-state index in [4.69, 9.17) is 0 Å². The number of rotatable bonds is 0. The van der Waals surface area contributed by atoms with Gasteiger partial charge in [-0.3, -0.25) is 0 Å². The summed E-state index contributed by atoms with van der Waals surface area (Å²) in [6, 6.07) is 0. The first-order valence-corrected chi connectivity index (χ1v) is 2.68. The summed E-state index contributed by atoms with van der Waals surface area (Å²) in [5.74, 6) is 0. The molecular formula is C2H6LiP. The Morgan fingerprint density at radius 3 is 1.25 bits per heavy atom. The predicted octanol–water partition coefficient (Wildman–Crippen LogP) is -1.80. The van der Waals surface area contributed by atoms with Gasteiger partial charge in [0.2, 0.25) is 0 Å². The molecule has 0 fully saturated rings. The topological polar surface area (TPSA) is 0 Å². The van der Waals surface area contributed by atoms with Crippen LogP contribution in [0.1, 0.15) is 0 Å². The second kappa shape index (κ2) is 8.98. The van der Waals surface area contributed by atoms with Crippen molar-refractivity contribution in [3.63, 3.8) is 0 Å². The molecule has 20 valence electrons. The molecule has 0 aliphatic heterocycles. The van der Waals surface area contributed by atoms with Gasteiger partial charge >= 0.3 is 18.9 Å².